The monoisotopic (exact) mass is 250 g/mol. The molecule has 0 fully saturated rings. The normalized spacial score (nSPS) is 14.2. The predicted molar refractivity (Wildman–Crippen MR) is 61.8 cm³/mol. The topological polar surface area (TPSA) is 115 Å². The Kier molecular flexibility index (Phi) is 2.70. The molecule has 0 amide bonds. The number of hydrogen-bond acceptors (Lipinski definition) is 5. The van der Waals surface area contributed by atoms with Crippen LogP contribution in [0.2, 0.25) is 0 Å². The number of carboxylic acids is 1. The average Bonchev–Trinajstić information content (AvgIpc) is 2.43. The van der Waals surface area contributed by atoms with Crippen molar-refractivity contribution in [2.45, 2.75) is 12.8 Å². The molecule has 1 aromatic carbocycles. The molecule has 0 aromatic heterocycles. The molecular formula is C12H10O6. The van der Waals surface area contributed by atoms with Gasteiger partial charge in [0.1, 0.15) is 5.76 Å². The molecule has 1 aromatic rings. The molecule has 0 saturated heterocycles. The highest BCUT2D eigenvalue weighted by Crippen LogP contribution is 2.32. The maximum atomic E-state index is 11.5. The van der Waals surface area contributed by atoms with Gasteiger partial charge in [0.25, 0.3) is 0 Å². The summed E-state index contributed by atoms with van der Waals surface area (Å²) in [6, 6.07) is 1.99. The molecule has 2 rings (SSSR count). The Morgan fingerprint density at radius 2 is 1.78 bits per heavy atom. The number of aromatic hydroxyl groups is 1. The first-order valence-corrected chi connectivity index (χ1v) is 5.16. The number of carbonyl (C=O) groups is 1. The van der Waals surface area contributed by atoms with Crippen LogP contribution >= 0.6 is 0 Å². The van der Waals surface area contributed by atoms with Crippen LogP contribution in [-0.2, 0) is 6.42 Å². The van der Waals surface area contributed by atoms with Gasteiger partial charge in [-0.2, -0.15) is 0 Å². The number of carboxylic acid groups (broad SMARTS) is 1. The zero-order valence-electron chi connectivity index (χ0n) is 9.17. The fourth-order valence-corrected chi connectivity index (χ4v) is 1.89. The van der Waals surface area contributed by atoms with E-state index in [-0.39, 0.29) is 29.7 Å². The lowest BCUT2D eigenvalue weighted by Crippen LogP contribution is -2.06. The van der Waals surface area contributed by atoms with Crippen molar-refractivity contribution in [2.24, 2.45) is 0 Å². The quantitative estimate of drug-likeness (QED) is 0.595. The molecule has 0 unspecified atom stereocenters. The Bertz CT molecular complexity index is 629. The minimum absolute atomic E-state index is 0.121. The van der Waals surface area contributed by atoms with Gasteiger partial charge in [-0.25, -0.2) is 4.79 Å². The van der Waals surface area contributed by atoms with Crippen LogP contribution in [0.4, 0.5) is 0 Å². The molecule has 0 aliphatic heterocycles. The first kappa shape index (κ1) is 12.0. The van der Waals surface area contributed by atoms with Gasteiger partial charge in [-0.3, -0.25) is 4.79 Å². The number of hydrogen-bond donors (Lipinski definition) is 4. The number of aromatic carboxylic acids is 1. The van der Waals surface area contributed by atoms with Gasteiger partial charge in [0.05, 0.1) is 11.1 Å². The highest BCUT2D eigenvalue weighted by atomic mass is 16.4. The molecule has 18 heavy (non-hydrogen) atoms. The van der Waals surface area contributed by atoms with Crippen molar-refractivity contribution in [3.8, 4) is 5.75 Å². The molecule has 6 heteroatoms. The zero-order chi connectivity index (χ0) is 13.4. The molecule has 0 atom stereocenters. The van der Waals surface area contributed by atoms with Crippen molar-refractivity contribution in [1.82, 2.24) is 0 Å². The summed E-state index contributed by atoms with van der Waals surface area (Å²) in [6.07, 6.45) is 0.350. The SMILES string of the molecule is O=C(O)c1cc2c(c(O)c(=O)c1)C(O)=C(O)CC2. The largest absolute Gasteiger partial charge is 0.508 e. The van der Waals surface area contributed by atoms with Crippen LogP contribution in [-0.4, -0.2) is 26.4 Å². The van der Waals surface area contributed by atoms with Gasteiger partial charge >= 0.3 is 5.97 Å². The van der Waals surface area contributed by atoms with Crippen molar-refractivity contribution in [3.05, 3.63) is 44.8 Å². The number of aryl methyl sites for hydroxylation is 1. The summed E-state index contributed by atoms with van der Waals surface area (Å²) in [4.78, 5) is 22.4. The zero-order valence-corrected chi connectivity index (χ0v) is 9.17. The number of aliphatic hydroxyl groups excluding tert-OH is 2. The standard InChI is InChI=1S/C12H10O6/c13-7-2-1-5-3-6(12(17)18)4-8(14)11(16)9(5)10(7)15/h3-4,13,15H,1-2H2,(H,14,16)(H,17,18). The summed E-state index contributed by atoms with van der Waals surface area (Å²) in [5, 5.41) is 37.6. The number of fused-ring (bicyclic) bond motifs is 1. The number of allylic oxidation sites excluding steroid dienone is 1. The Hall–Kier alpha value is -2.50. The second-order valence-electron chi connectivity index (χ2n) is 3.96. The summed E-state index contributed by atoms with van der Waals surface area (Å²) in [6.45, 7) is 0. The van der Waals surface area contributed by atoms with E-state index in [1.807, 2.05) is 0 Å². The maximum Gasteiger partial charge on any atom is 0.335 e. The molecule has 1 aliphatic rings. The summed E-state index contributed by atoms with van der Waals surface area (Å²) in [5.74, 6) is -2.98. The summed E-state index contributed by atoms with van der Waals surface area (Å²) < 4.78 is 0. The van der Waals surface area contributed by atoms with Crippen LogP contribution in [0.25, 0.3) is 5.76 Å². The molecule has 6 nitrogen and oxygen atoms in total. The molecule has 0 spiro atoms. The van der Waals surface area contributed by atoms with Gasteiger partial charge in [0.15, 0.2) is 11.5 Å². The molecule has 0 saturated carbocycles. The van der Waals surface area contributed by atoms with Gasteiger partial charge < -0.3 is 20.4 Å². The van der Waals surface area contributed by atoms with Crippen molar-refractivity contribution >= 4 is 11.7 Å². The number of rotatable bonds is 1. The molecule has 0 bridgehead atoms. The van der Waals surface area contributed by atoms with E-state index in [0.29, 0.717) is 5.56 Å². The summed E-state index contributed by atoms with van der Waals surface area (Å²) in [5.41, 5.74) is -1.08. The van der Waals surface area contributed by atoms with Crippen molar-refractivity contribution in [1.29, 1.82) is 0 Å². The third kappa shape index (κ3) is 1.77. The van der Waals surface area contributed by atoms with E-state index in [9.17, 15) is 24.9 Å². The highest BCUT2D eigenvalue weighted by Gasteiger charge is 2.23. The maximum absolute atomic E-state index is 11.5. The minimum atomic E-state index is -1.30. The van der Waals surface area contributed by atoms with Crippen LogP contribution < -0.4 is 5.43 Å². The second kappa shape index (κ2) is 4.06. The first-order valence-electron chi connectivity index (χ1n) is 5.16. The van der Waals surface area contributed by atoms with Gasteiger partial charge in [-0.15, -0.1) is 0 Å². The van der Waals surface area contributed by atoms with E-state index in [4.69, 9.17) is 5.11 Å². The van der Waals surface area contributed by atoms with E-state index in [2.05, 4.69) is 0 Å². The van der Waals surface area contributed by atoms with Crippen LogP contribution in [0.3, 0.4) is 0 Å². The lowest BCUT2D eigenvalue weighted by Gasteiger charge is -2.14. The second-order valence-corrected chi connectivity index (χ2v) is 3.96. The molecule has 0 heterocycles. The van der Waals surface area contributed by atoms with Gasteiger partial charge in [-0.05, 0) is 18.1 Å². The summed E-state index contributed by atoms with van der Waals surface area (Å²) in [7, 11) is 0. The smallest absolute Gasteiger partial charge is 0.335 e. The molecular weight excluding hydrogens is 240 g/mol. The average molecular weight is 250 g/mol. The van der Waals surface area contributed by atoms with E-state index < -0.39 is 22.9 Å². The Morgan fingerprint density at radius 3 is 2.39 bits per heavy atom. The summed E-state index contributed by atoms with van der Waals surface area (Å²) >= 11 is 0. The molecule has 1 aliphatic carbocycles. The molecule has 0 radical (unpaired) electrons. The Morgan fingerprint density at radius 1 is 1.11 bits per heavy atom. The predicted octanol–water partition coefficient (Wildman–Crippen LogP) is 1.18. The molecule has 4 N–H and O–H groups in total. The lowest BCUT2D eigenvalue weighted by atomic mass is 9.96. The third-order valence-corrected chi connectivity index (χ3v) is 2.80. The first-order chi connectivity index (χ1) is 8.41. The molecule has 94 valence electrons. The van der Waals surface area contributed by atoms with E-state index >= 15 is 0 Å². The van der Waals surface area contributed by atoms with Crippen LogP contribution in [0.5, 0.6) is 5.75 Å². The van der Waals surface area contributed by atoms with Gasteiger partial charge in [0.2, 0.25) is 5.43 Å². The van der Waals surface area contributed by atoms with Crippen molar-refractivity contribution < 1.29 is 25.2 Å². The fraction of sp³-hybridized carbons (Fsp3) is 0.167. The fourth-order valence-electron chi connectivity index (χ4n) is 1.89. The highest BCUT2D eigenvalue weighted by molar-refractivity contribution is 5.88. The minimum Gasteiger partial charge on any atom is -0.508 e. The Balaban J connectivity index is 2.88. The van der Waals surface area contributed by atoms with Gasteiger partial charge in [-0.1, -0.05) is 0 Å². The third-order valence-electron chi connectivity index (χ3n) is 2.80. The lowest BCUT2D eigenvalue weighted by molar-refractivity contribution is 0.0697. The number of aliphatic hydroxyl groups is 2. The van der Waals surface area contributed by atoms with E-state index in [1.54, 1.807) is 0 Å². The van der Waals surface area contributed by atoms with Crippen LogP contribution in [0.1, 0.15) is 27.9 Å². The van der Waals surface area contributed by atoms with Crippen molar-refractivity contribution in [3.63, 3.8) is 0 Å². The van der Waals surface area contributed by atoms with Gasteiger partial charge in [0, 0.05) is 12.5 Å². The van der Waals surface area contributed by atoms with E-state index in [1.165, 1.54) is 6.07 Å². The van der Waals surface area contributed by atoms with Crippen LogP contribution in [0, 0.1) is 0 Å². The van der Waals surface area contributed by atoms with E-state index in [0.717, 1.165) is 6.07 Å². The van der Waals surface area contributed by atoms with Crippen LogP contribution in [0.15, 0.2) is 22.7 Å². The Labute approximate surface area is 101 Å². The van der Waals surface area contributed by atoms with Crippen molar-refractivity contribution in [2.75, 3.05) is 0 Å².